The Balaban J connectivity index is 0.000000153. The number of hydrogen-bond acceptors (Lipinski definition) is 15. The van der Waals surface area contributed by atoms with Crippen LogP contribution in [0.5, 0.6) is 11.5 Å². The zero-order valence-electron chi connectivity index (χ0n) is 44.4. The van der Waals surface area contributed by atoms with Crippen molar-refractivity contribution in [3.63, 3.8) is 0 Å². The third-order valence-corrected chi connectivity index (χ3v) is 14.7. The molecule has 0 spiro atoms. The average Bonchev–Trinajstić information content (AvgIpc) is 4.18. The molecule has 0 fully saturated rings. The number of nitrogens with one attached hydrogen (secondary N) is 1. The Bertz CT molecular complexity index is 3660. The van der Waals surface area contributed by atoms with Crippen LogP contribution in [-0.2, 0) is 75.1 Å². The zero-order valence-corrected chi connectivity index (χ0v) is 44.4. The van der Waals surface area contributed by atoms with Gasteiger partial charge in [-0.05, 0) is 134 Å². The van der Waals surface area contributed by atoms with Gasteiger partial charge in [0.25, 0.3) is 11.1 Å². The molecule has 0 saturated heterocycles. The van der Waals surface area contributed by atoms with Crippen LogP contribution in [0.1, 0.15) is 105 Å². The maximum Gasteiger partial charge on any atom is 0.432 e. The second kappa shape index (κ2) is 19.8. The fraction of sp³-hybridized carbons (Fsp3) is 0.386. The van der Waals surface area contributed by atoms with Crippen molar-refractivity contribution >= 4 is 39.4 Å². The van der Waals surface area contributed by atoms with Gasteiger partial charge in [-0.1, -0.05) is 51.7 Å². The molecule has 11 rings (SSSR count). The number of carbonyl (C=O) groups is 2. The second-order valence-corrected chi connectivity index (χ2v) is 21.3. The van der Waals surface area contributed by atoms with Gasteiger partial charge in [0.2, 0.25) is 0 Å². The van der Waals surface area contributed by atoms with Gasteiger partial charge < -0.3 is 58.6 Å². The Morgan fingerprint density at radius 3 is 1.63 bits per heavy atom. The number of aromatic hydroxyl groups is 1. The maximum absolute atomic E-state index is 13.4. The van der Waals surface area contributed by atoms with Gasteiger partial charge in [-0.25, -0.2) is 14.6 Å². The minimum Gasteiger partial charge on any atom is -0.508 e. The number of phenols is 1. The van der Waals surface area contributed by atoms with Crippen LogP contribution in [0.4, 0.5) is 5.95 Å². The summed E-state index contributed by atoms with van der Waals surface area (Å²) in [5.41, 5.74) is 5.16. The van der Waals surface area contributed by atoms with Crippen molar-refractivity contribution < 1.29 is 44.0 Å². The molecule has 2 atom stereocenters. The van der Waals surface area contributed by atoms with Crippen LogP contribution in [0.15, 0.2) is 76.4 Å². The number of esters is 2. The summed E-state index contributed by atoms with van der Waals surface area (Å²) < 4.78 is 19.6. The van der Waals surface area contributed by atoms with E-state index in [1.54, 1.807) is 41.2 Å². The molecule has 4 N–H and O–H groups in total. The summed E-state index contributed by atoms with van der Waals surface area (Å²) in [7, 11) is 7.95. The SMILES string of the molecule is CC(C)(C)c1cnc([N+](=O)[O-])[nH]1.CCC1(O)C(=O)OCc2c1cc1n(c2=O)Cc2cc3c(CN(C)C)c(O)ccc3cc2-1.CCOc1ccc2cc3c(cc2c1CN(C)C)Cn1c-3cc2c(c1=O)COC(=O)C2(O)CC. The van der Waals surface area contributed by atoms with Gasteiger partial charge in [0.1, 0.15) is 36.6 Å². The van der Waals surface area contributed by atoms with Crippen LogP contribution in [0.25, 0.3) is 44.1 Å². The Morgan fingerprint density at radius 1 is 0.737 bits per heavy atom. The topological polar surface area (TPSA) is 245 Å². The van der Waals surface area contributed by atoms with E-state index in [4.69, 9.17) is 14.2 Å². The highest BCUT2D eigenvalue weighted by Gasteiger charge is 2.47. The van der Waals surface area contributed by atoms with Crippen molar-refractivity contribution in [1.82, 2.24) is 28.9 Å². The highest BCUT2D eigenvalue weighted by molar-refractivity contribution is 5.95. The third kappa shape index (κ3) is 9.09. The zero-order chi connectivity index (χ0) is 54.9. The lowest BCUT2D eigenvalue weighted by Crippen LogP contribution is -2.44. The van der Waals surface area contributed by atoms with Gasteiger partial charge in [-0.15, -0.1) is 0 Å². The van der Waals surface area contributed by atoms with Crippen LogP contribution in [-0.4, -0.2) is 95.9 Å². The summed E-state index contributed by atoms with van der Waals surface area (Å²) in [6.07, 6.45) is 1.76. The molecule has 76 heavy (non-hydrogen) atoms. The predicted molar refractivity (Wildman–Crippen MR) is 285 cm³/mol. The number of H-pyrrole nitrogens is 1. The summed E-state index contributed by atoms with van der Waals surface area (Å²) >= 11 is 0. The van der Waals surface area contributed by atoms with Crippen molar-refractivity contribution in [2.24, 2.45) is 0 Å². The lowest BCUT2D eigenvalue weighted by molar-refractivity contribution is -0.393. The molecular weight excluding hydrogens is 975 g/mol. The summed E-state index contributed by atoms with van der Waals surface area (Å²) in [6, 6.07) is 19.4. The van der Waals surface area contributed by atoms with Crippen molar-refractivity contribution in [3.05, 3.63) is 148 Å². The van der Waals surface area contributed by atoms with Crippen LogP contribution in [0.3, 0.4) is 0 Å². The molecule has 0 saturated carbocycles. The summed E-state index contributed by atoms with van der Waals surface area (Å²) in [6.45, 7) is 13.8. The Hall–Kier alpha value is -7.71. The first-order chi connectivity index (χ1) is 35.9. The minimum atomic E-state index is -1.81. The van der Waals surface area contributed by atoms with Crippen molar-refractivity contribution in [3.8, 4) is 34.0 Å². The number of aromatic amines is 1. The number of pyridine rings is 2. The molecule has 7 aromatic rings. The fourth-order valence-electron chi connectivity index (χ4n) is 10.6. The third-order valence-electron chi connectivity index (χ3n) is 14.7. The first-order valence-corrected chi connectivity index (χ1v) is 25.3. The van der Waals surface area contributed by atoms with Crippen molar-refractivity contribution in [2.45, 2.75) is 110 Å². The van der Waals surface area contributed by atoms with E-state index in [0.29, 0.717) is 54.2 Å². The second-order valence-electron chi connectivity index (χ2n) is 21.3. The molecular formula is C57H63N7O12. The van der Waals surface area contributed by atoms with Gasteiger partial charge in [0, 0.05) is 51.9 Å². The Kier molecular flexibility index (Phi) is 13.8. The predicted octanol–water partition coefficient (Wildman–Crippen LogP) is 7.21. The van der Waals surface area contributed by atoms with Crippen molar-refractivity contribution in [2.75, 3.05) is 34.8 Å². The molecule has 2 unspecified atom stereocenters. The smallest absolute Gasteiger partial charge is 0.432 e. The van der Waals surface area contributed by atoms with Gasteiger partial charge in [0.15, 0.2) is 11.2 Å². The van der Waals surface area contributed by atoms with Crippen LogP contribution in [0, 0.1) is 10.1 Å². The van der Waals surface area contributed by atoms with Gasteiger partial charge in [-0.3, -0.25) is 9.59 Å². The van der Waals surface area contributed by atoms with E-state index in [1.807, 2.05) is 91.1 Å². The van der Waals surface area contributed by atoms with E-state index in [-0.39, 0.29) is 54.3 Å². The normalized spacial score (nSPS) is 17.9. The van der Waals surface area contributed by atoms with E-state index in [9.17, 15) is 44.6 Å². The minimum absolute atomic E-state index is 0.112. The van der Waals surface area contributed by atoms with E-state index < -0.39 is 28.1 Å². The fourth-order valence-corrected chi connectivity index (χ4v) is 10.6. The van der Waals surface area contributed by atoms with Gasteiger partial charge >= 0.3 is 17.9 Å². The largest absolute Gasteiger partial charge is 0.508 e. The average molecular weight is 1040 g/mol. The van der Waals surface area contributed by atoms with Crippen LogP contribution < -0.4 is 15.9 Å². The number of cyclic esters (lactones) is 2. The number of phenolic OH excluding ortho intramolecular Hbond substituents is 1. The maximum atomic E-state index is 13.4. The molecule has 7 heterocycles. The van der Waals surface area contributed by atoms with E-state index >= 15 is 0 Å². The monoisotopic (exact) mass is 1040 g/mol. The molecule has 4 aromatic carbocycles. The number of rotatable bonds is 9. The Morgan fingerprint density at radius 2 is 1.21 bits per heavy atom. The van der Waals surface area contributed by atoms with Gasteiger partial charge in [-0.2, -0.15) is 0 Å². The molecule has 0 bridgehead atoms. The Labute approximate surface area is 438 Å². The number of carbonyl (C=O) groups excluding carboxylic acids is 2. The molecule has 19 heteroatoms. The first kappa shape index (κ1) is 53.1. The molecule has 19 nitrogen and oxygen atoms in total. The summed E-state index contributed by atoms with van der Waals surface area (Å²) in [5, 5.41) is 46.7. The highest BCUT2D eigenvalue weighted by Crippen LogP contribution is 2.43. The van der Waals surface area contributed by atoms with Crippen molar-refractivity contribution in [1.29, 1.82) is 0 Å². The number of benzene rings is 4. The van der Waals surface area contributed by atoms with E-state index in [0.717, 1.165) is 78.6 Å². The number of fused-ring (bicyclic) bond motifs is 10. The lowest BCUT2D eigenvalue weighted by atomic mass is 9.85. The number of imidazole rings is 1. The molecule has 0 radical (unpaired) electrons. The number of ether oxygens (including phenoxy) is 3. The van der Waals surface area contributed by atoms with Crippen LogP contribution in [0.2, 0.25) is 0 Å². The number of aliphatic hydroxyl groups is 2. The van der Waals surface area contributed by atoms with E-state index in [1.165, 1.54) is 6.20 Å². The lowest BCUT2D eigenvalue weighted by Gasteiger charge is -2.31. The standard InChI is InChI=1S/C26H28N2O5.C24H24N2O5.C7H11N3O2/c1-5-26(31)21-11-22-18-9-15-7-8-23(32-6-2)19(13-27(3)4)17(15)10-16(18)12-28(22)24(29)20(21)14-33-25(26)30;1-4-24(30)19-9-20-16-7-13-5-6-21(27)17(11-25(2)3)15(13)8-14(16)10-26(20)22(28)18(19)12-31-23(24)29;1-7(2,3)5-4-8-6(9-5)10(11)12/h7-11,31H,5-6,12-14H2,1-4H3;5-9,27,30H,4,10-12H2,1-3H3;4H,1-3H3,(H,8,9). The van der Waals surface area contributed by atoms with E-state index in [2.05, 4.69) is 27.0 Å². The highest BCUT2D eigenvalue weighted by atomic mass is 16.6. The molecule has 398 valence electrons. The molecule has 0 aliphatic carbocycles. The van der Waals surface area contributed by atoms with Gasteiger partial charge in [0.05, 0.1) is 42.2 Å². The van der Waals surface area contributed by atoms with Crippen LogP contribution >= 0.6 is 0 Å². The number of nitro groups is 1. The molecule has 3 aromatic heterocycles. The number of nitrogens with zero attached hydrogens (tertiary/aromatic N) is 6. The quantitative estimate of drug-likeness (QED) is 0.0634. The molecule has 0 amide bonds. The number of hydrogen-bond donors (Lipinski definition) is 4. The first-order valence-electron chi connectivity index (χ1n) is 25.3. The number of aromatic nitrogens is 4. The summed E-state index contributed by atoms with van der Waals surface area (Å²) in [4.78, 5) is 71.4. The molecule has 4 aliphatic heterocycles. The summed E-state index contributed by atoms with van der Waals surface area (Å²) in [5.74, 6) is -0.499. The molecule has 4 aliphatic rings.